The second-order valence-corrected chi connectivity index (χ2v) is 9.74. The van der Waals surface area contributed by atoms with Gasteiger partial charge in [0.2, 0.25) is 5.91 Å². The van der Waals surface area contributed by atoms with Crippen LogP contribution >= 0.6 is 0 Å². The van der Waals surface area contributed by atoms with Crippen molar-refractivity contribution in [3.05, 3.63) is 53.7 Å². The molecule has 0 N–H and O–H groups in total. The lowest BCUT2D eigenvalue weighted by molar-refractivity contribution is -0.132. The summed E-state index contributed by atoms with van der Waals surface area (Å²) in [7, 11) is -2.73. The van der Waals surface area contributed by atoms with E-state index in [4.69, 9.17) is 9.47 Å². The van der Waals surface area contributed by atoms with Gasteiger partial charge in [0.05, 0.1) is 0 Å². The van der Waals surface area contributed by atoms with E-state index < -0.39 is 16.0 Å². The topological polar surface area (TPSA) is 89.0 Å². The van der Waals surface area contributed by atoms with Gasteiger partial charge < -0.3 is 14.4 Å². The van der Waals surface area contributed by atoms with Crippen LogP contribution < -0.4 is 9.47 Å². The molecule has 1 aromatic heterocycles. The molecule has 0 radical (unpaired) electrons. The number of pyridine rings is 1. The average Bonchev–Trinajstić information content (AvgIpc) is 3.39. The van der Waals surface area contributed by atoms with Crippen molar-refractivity contribution < 1.29 is 22.7 Å². The third kappa shape index (κ3) is 3.87. The predicted molar refractivity (Wildman–Crippen MR) is 114 cm³/mol. The number of carbonyl (C=O) groups is 1. The van der Waals surface area contributed by atoms with E-state index >= 15 is 0 Å². The molecule has 164 valence electrons. The molecule has 2 bridgehead atoms. The molecule has 0 spiro atoms. The summed E-state index contributed by atoms with van der Waals surface area (Å²) >= 11 is 0. The summed E-state index contributed by atoms with van der Waals surface area (Å²) in [6.45, 7) is 4.11. The standard InChI is InChI=1S/C22H25N3O5S/c1-14(31(27)28)22(26)25-12-17-9-18(25)11-24(17)10-15-4-6-16(7-5-15)20-13-29-19-3-2-8-23-21(19)30-20/h2-8,14,17-18,20,31H,9-13H2,1H3/t14?,17-,18-,20?/m0/s1. The molecule has 1 amide bonds. The molecule has 0 saturated carbocycles. The van der Waals surface area contributed by atoms with Gasteiger partial charge in [0.15, 0.2) is 22.6 Å². The molecule has 3 aliphatic rings. The minimum atomic E-state index is -2.73. The van der Waals surface area contributed by atoms with Crippen molar-refractivity contribution in [1.29, 1.82) is 0 Å². The Hall–Kier alpha value is -2.65. The average molecular weight is 444 g/mol. The number of hydrogen-bond acceptors (Lipinski definition) is 7. The Morgan fingerprint density at radius 1 is 1.19 bits per heavy atom. The van der Waals surface area contributed by atoms with Crippen LogP contribution in [0.1, 0.15) is 30.6 Å². The number of ether oxygens (including phenoxy) is 2. The highest BCUT2D eigenvalue weighted by Gasteiger charge is 2.46. The van der Waals surface area contributed by atoms with E-state index in [9.17, 15) is 13.2 Å². The number of hydrogen-bond donors (Lipinski definition) is 1. The molecular weight excluding hydrogens is 418 g/mol. The van der Waals surface area contributed by atoms with Crippen molar-refractivity contribution in [1.82, 2.24) is 14.8 Å². The third-order valence-electron chi connectivity index (χ3n) is 6.43. The molecule has 2 fully saturated rings. The quantitative estimate of drug-likeness (QED) is 0.699. The third-order valence-corrected chi connectivity index (χ3v) is 7.28. The zero-order valence-electron chi connectivity index (χ0n) is 17.2. The number of piperazine rings is 1. The Balaban J connectivity index is 1.19. The summed E-state index contributed by atoms with van der Waals surface area (Å²) in [6.07, 6.45) is 2.41. The van der Waals surface area contributed by atoms with Crippen molar-refractivity contribution in [3.8, 4) is 11.6 Å². The monoisotopic (exact) mass is 443 g/mol. The minimum Gasteiger partial charge on any atom is -0.484 e. The number of benzene rings is 1. The van der Waals surface area contributed by atoms with Crippen LogP contribution in [-0.4, -0.2) is 66.1 Å². The molecule has 8 nitrogen and oxygen atoms in total. The fraction of sp³-hybridized carbons (Fsp3) is 0.455. The summed E-state index contributed by atoms with van der Waals surface area (Å²) in [5.41, 5.74) is 2.24. The number of rotatable bonds is 5. The molecule has 2 unspecified atom stereocenters. The lowest BCUT2D eigenvalue weighted by Gasteiger charge is -2.35. The SMILES string of the molecule is CC(C(=O)N1C[C@@H]2C[C@H]1CN2Cc1ccc(C2COc3cccnc3O2)cc1)[SH](=O)=O. The number of carbonyl (C=O) groups excluding carboxylic acids is 1. The Morgan fingerprint density at radius 2 is 2.00 bits per heavy atom. The number of amides is 1. The van der Waals surface area contributed by atoms with Gasteiger partial charge in [0, 0.05) is 37.9 Å². The van der Waals surface area contributed by atoms with Crippen LogP contribution in [0.5, 0.6) is 11.6 Å². The second kappa shape index (κ2) is 8.12. The van der Waals surface area contributed by atoms with Crippen LogP contribution in [0.25, 0.3) is 0 Å². The van der Waals surface area contributed by atoms with Crippen molar-refractivity contribution in [2.24, 2.45) is 0 Å². The highest BCUT2D eigenvalue weighted by atomic mass is 32.2. The summed E-state index contributed by atoms with van der Waals surface area (Å²) < 4.78 is 34.1. The summed E-state index contributed by atoms with van der Waals surface area (Å²) in [4.78, 5) is 20.8. The molecule has 5 rings (SSSR count). The smallest absolute Gasteiger partial charge is 0.257 e. The van der Waals surface area contributed by atoms with E-state index in [1.54, 1.807) is 11.1 Å². The van der Waals surface area contributed by atoms with Crippen LogP contribution in [0.15, 0.2) is 42.6 Å². The number of likely N-dealkylation sites (tertiary alicyclic amines) is 2. The van der Waals surface area contributed by atoms with E-state index in [1.807, 2.05) is 12.1 Å². The van der Waals surface area contributed by atoms with Gasteiger partial charge in [0.25, 0.3) is 5.88 Å². The normalized spacial score (nSPS) is 25.7. The minimum absolute atomic E-state index is 0.106. The van der Waals surface area contributed by atoms with Crippen LogP contribution in [-0.2, 0) is 22.0 Å². The first-order valence-electron chi connectivity index (χ1n) is 10.5. The molecule has 1 aromatic carbocycles. The van der Waals surface area contributed by atoms with E-state index in [2.05, 4.69) is 34.1 Å². The zero-order chi connectivity index (χ0) is 21.5. The molecule has 3 aliphatic heterocycles. The second-order valence-electron chi connectivity index (χ2n) is 8.39. The summed E-state index contributed by atoms with van der Waals surface area (Å²) in [5, 5.41) is -0.941. The van der Waals surface area contributed by atoms with E-state index in [0.717, 1.165) is 25.1 Å². The van der Waals surface area contributed by atoms with E-state index in [-0.39, 0.29) is 24.1 Å². The van der Waals surface area contributed by atoms with Gasteiger partial charge in [-0.25, -0.2) is 13.4 Å². The number of fused-ring (bicyclic) bond motifs is 3. The Kier molecular flexibility index (Phi) is 5.31. The van der Waals surface area contributed by atoms with Gasteiger partial charge in [-0.1, -0.05) is 24.3 Å². The lowest BCUT2D eigenvalue weighted by Crippen LogP contribution is -2.51. The first-order valence-corrected chi connectivity index (χ1v) is 11.8. The van der Waals surface area contributed by atoms with Crippen LogP contribution in [0.3, 0.4) is 0 Å². The molecule has 9 heteroatoms. The molecule has 0 aliphatic carbocycles. The zero-order valence-corrected chi connectivity index (χ0v) is 18.1. The maximum absolute atomic E-state index is 12.4. The number of nitrogens with zero attached hydrogens (tertiary/aromatic N) is 3. The number of aromatic nitrogens is 1. The van der Waals surface area contributed by atoms with Gasteiger partial charge in [-0.05, 0) is 36.6 Å². The van der Waals surface area contributed by atoms with E-state index in [0.29, 0.717) is 24.8 Å². The molecular formula is C22H25N3O5S. The first-order chi connectivity index (χ1) is 15.0. The van der Waals surface area contributed by atoms with Crippen LogP contribution in [0.4, 0.5) is 0 Å². The largest absolute Gasteiger partial charge is 0.484 e. The van der Waals surface area contributed by atoms with E-state index in [1.165, 1.54) is 12.5 Å². The first kappa shape index (κ1) is 20.3. The van der Waals surface area contributed by atoms with Crippen LogP contribution in [0.2, 0.25) is 0 Å². The summed E-state index contributed by atoms with van der Waals surface area (Å²) in [5.74, 6) is 0.924. The van der Waals surface area contributed by atoms with Crippen molar-refractivity contribution in [3.63, 3.8) is 0 Å². The molecule has 2 saturated heterocycles. The Morgan fingerprint density at radius 3 is 2.71 bits per heavy atom. The highest BCUT2D eigenvalue weighted by molar-refractivity contribution is 7.74. The van der Waals surface area contributed by atoms with Gasteiger partial charge in [-0.3, -0.25) is 9.69 Å². The maximum atomic E-state index is 12.4. The highest BCUT2D eigenvalue weighted by Crippen LogP contribution is 2.35. The molecule has 2 aromatic rings. The molecule has 31 heavy (non-hydrogen) atoms. The van der Waals surface area contributed by atoms with Gasteiger partial charge in [-0.2, -0.15) is 0 Å². The molecule has 4 heterocycles. The fourth-order valence-electron chi connectivity index (χ4n) is 4.69. The van der Waals surface area contributed by atoms with Gasteiger partial charge in [-0.15, -0.1) is 0 Å². The van der Waals surface area contributed by atoms with Crippen LogP contribution in [0, 0.1) is 0 Å². The van der Waals surface area contributed by atoms with Crippen molar-refractivity contribution in [2.75, 3.05) is 19.7 Å². The number of thiol groups is 1. The van der Waals surface area contributed by atoms with Gasteiger partial charge >= 0.3 is 0 Å². The molecule has 4 atom stereocenters. The van der Waals surface area contributed by atoms with Gasteiger partial charge in [0.1, 0.15) is 11.9 Å². The summed E-state index contributed by atoms with van der Waals surface area (Å²) in [6, 6.07) is 12.4. The maximum Gasteiger partial charge on any atom is 0.257 e. The lowest BCUT2D eigenvalue weighted by atomic mass is 10.1. The predicted octanol–water partition coefficient (Wildman–Crippen LogP) is 1.38. The Bertz CT molecular complexity index is 1050. The Labute approximate surface area is 182 Å². The fourth-order valence-corrected chi connectivity index (χ4v) is 5.02. The van der Waals surface area contributed by atoms with Crippen molar-refractivity contribution >= 4 is 16.6 Å². The van der Waals surface area contributed by atoms with Crippen molar-refractivity contribution in [2.45, 2.75) is 43.3 Å².